The van der Waals surface area contributed by atoms with Crippen molar-refractivity contribution in [2.24, 2.45) is 0 Å². The van der Waals surface area contributed by atoms with Crippen LogP contribution in [0.15, 0.2) is 71.6 Å². The number of benzene rings is 3. The Labute approximate surface area is 179 Å². The molecule has 0 saturated heterocycles. The van der Waals surface area contributed by atoms with Crippen LogP contribution in [0, 0.1) is 0 Å². The molecule has 4 nitrogen and oxygen atoms in total. The summed E-state index contributed by atoms with van der Waals surface area (Å²) in [5, 5.41) is 1.99. The van der Waals surface area contributed by atoms with Gasteiger partial charge in [-0.05, 0) is 59.8 Å². The molecular formula is C23H27ClN2O2S. The lowest BCUT2D eigenvalue weighted by molar-refractivity contribution is 0.249. The molecule has 1 aliphatic rings. The summed E-state index contributed by atoms with van der Waals surface area (Å²) in [6.45, 7) is 3.56. The van der Waals surface area contributed by atoms with Crippen molar-refractivity contribution >= 4 is 33.2 Å². The van der Waals surface area contributed by atoms with Crippen LogP contribution in [0.4, 0.5) is 0 Å². The van der Waals surface area contributed by atoms with E-state index >= 15 is 0 Å². The minimum atomic E-state index is -3.46. The molecule has 0 amide bonds. The minimum Gasteiger partial charge on any atom is -0.299 e. The average molecular weight is 431 g/mol. The highest BCUT2D eigenvalue weighted by Gasteiger charge is 2.16. The van der Waals surface area contributed by atoms with Gasteiger partial charge in [-0.1, -0.05) is 54.6 Å². The zero-order valence-electron chi connectivity index (χ0n) is 16.4. The highest BCUT2D eigenvalue weighted by molar-refractivity contribution is 7.89. The van der Waals surface area contributed by atoms with Crippen molar-refractivity contribution in [3.05, 3.63) is 77.9 Å². The molecular weight excluding hydrogens is 404 g/mol. The number of nitrogens with zero attached hydrogens (tertiary/aromatic N) is 1. The second-order valence-corrected chi connectivity index (χ2v) is 9.18. The summed E-state index contributed by atoms with van der Waals surface area (Å²) in [4.78, 5) is 2.79. The van der Waals surface area contributed by atoms with Crippen molar-refractivity contribution in [1.29, 1.82) is 0 Å². The van der Waals surface area contributed by atoms with Gasteiger partial charge in [0.15, 0.2) is 0 Å². The average Bonchev–Trinajstić information content (AvgIpc) is 2.73. The maximum Gasteiger partial charge on any atom is 0.240 e. The van der Waals surface area contributed by atoms with Crippen LogP contribution in [0.1, 0.15) is 24.0 Å². The molecule has 3 aromatic carbocycles. The van der Waals surface area contributed by atoms with E-state index in [1.54, 1.807) is 12.1 Å². The van der Waals surface area contributed by atoms with Gasteiger partial charge in [0.1, 0.15) is 0 Å². The molecule has 3 aromatic rings. The zero-order valence-corrected chi connectivity index (χ0v) is 18.0. The lowest BCUT2D eigenvalue weighted by Gasteiger charge is -2.28. The maximum atomic E-state index is 12.6. The number of unbranched alkanes of at least 4 members (excludes halogenated alkanes) is 1. The Morgan fingerprint density at radius 3 is 2.41 bits per heavy atom. The number of nitrogens with one attached hydrogen (secondary N) is 1. The molecule has 29 heavy (non-hydrogen) atoms. The van der Waals surface area contributed by atoms with Gasteiger partial charge in [0.05, 0.1) is 4.90 Å². The first-order chi connectivity index (χ1) is 13.6. The summed E-state index contributed by atoms with van der Waals surface area (Å²) in [6, 6.07) is 21.7. The fraction of sp³-hybridized carbons (Fsp3) is 0.304. The SMILES string of the molecule is Cl.O=S(=O)(NCCCCN1CCc2ccccc2C1)c1ccc2ccccc2c1. The second-order valence-electron chi connectivity index (χ2n) is 7.41. The number of rotatable bonds is 7. The van der Waals surface area contributed by atoms with Gasteiger partial charge >= 0.3 is 0 Å². The van der Waals surface area contributed by atoms with Crippen LogP contribution in [0.5, 0.6) is 0 Å². The highest BCUT2D eigenvalue weighted by atomic mass is 35.5. The van der Waals surface area contributed by atoms with Crippen molar-refractivity contribution in [3.63, 3.8) is 0 Å². The van der Waals surface area contributed by atoms with Crippen molar-refractivity contribution in [2.75, 3.05) is 19.6 Å². The van der Waals surface area contributed by atoms with E-state index in [2.05, 4.69) is 33.9 Å². The van der Waals surface area contributed by atoms with Crippen LogP contribution >= 0.6 is 12.4 Å². The third-order valence-electron chi connectivity index (χ3n) is 5.43. The van der Waals surface area contributed by atoms with Crippen LogP contribution in [0.25, 0.3) is 10.8 Å². The minimum absolute atomic E-state index is 0. The number of hydrogen-bond donors (Lipinski definition) is 1. The maximum absolute atomic E-state index is 12.6. The third kappa shape index (κ3) is 5.37. The summed E-state index contributed by atoms with van der Waals surface area (Å²) in [7, 11) is -3.46. The number of sulfonamides is 1. The van der Waals surface area contributed by atoms with E-state index in [1.165, 1.54) is 11.1 Å². The second kappa shape index (κ2) is 9.72. The molecule has 0 atom stereocenters. The molecule has 0 radical (unpaired) electrons. The lowest BCUT2D eigenvalue weighted by atomic mass is 10.00. The quantitative estimate of drug-likeness (QED) is 0.566. The lowest BCUT2D eigenvalue weighted by Crippen LogP contribution is -2.32. The van der Waals surface area contributed by atoms with E-state index in [0.717, 1.165) is 49.7 Å². The van der Waals surface area contributed by atoms with Crippen molar-refractivity contribution in [2.45, 2.75) is 30.7 Å². The monoisotopic (exact) mass is 430 g/mol. The van der Waals surface area contributed by atoms with Crippen LogP contribution in [-0.4, -0.2) is 33.0 Å². The van der Waals surface area contributed by atoms with E-state index in [-0.39, 0.29) is 12.4 Å². The van der Waals surface area contributed by atoms with E-state index in [0.29, 0.717) is 11.4 Å². The predicted octanol–water partition coefficient (Wildman–Crippen LogP) is 4.38. The summed E-state index contributed by atoms with van der Waals surface area (Å²) in [5.41, 5.74) is 2.88. The molecule has 1 N–H and O–H groups in total. The van der Waals surface area contributed by atoms with Gasteiger partial charge in [-0.3, -0.25) is 4.90 Å². The van der Waals surface area contributed by atoms with Gasteiger partial charge < -0.3 is 0 Å². The summed E-state index contributed by atoms with van der Waals surface area (Å²) in [5.74, 6) is 0. The van der Waals surface area contributed by atoms with Crippen LogP contribution in [0.2, 0.25) is 0 Å². The fourth-order valence-corrected chi connectivity index (χ4v) is 4.94. The molecule has 0 aliphatic carbocycles. The molecule has 0 spiro atoms. The third-order valence-corrected chi connectivity index (χ3v) is 6.89. The Morgan fingerprint density at radius 1 is 0.862 bits per heavy atom. The Kier molecular flexibility index (Phi) is 7.30. The van der Waals surface area contributed by atoms with E-state index in [4.69, 9.17) is 0 Å². The fourth-order valence-electron chi connectivity index (χ4n) is 3.83. The normalized spacial score (nSPS) is 14.3. The van der Waals surface area contributed by atoms with Gasteiger partial charge in [-0.25, -0.2) is 13.1 Å². The molecule has 4 rings (SSSR count). The van der Waals surface area contributed by atoms with Crippen LogP contribution in [0.3, 0.4) is 0 Å². The first-order valence-corrected chi connectivity index (χ1v) is 11.4. The van der Waals surface area contributed by atoms with Crippen molar-refractivity contribution in [3.8, 4) is 0 Å². The van der Waals surface area contributed by atoms with E-state index in [9.17, 15) is 8.42 Å². The number of hydrogen-bond acceptors (Lipinski definition) is 3. The standard InChI is InChI=1S/C23H26N2O2S.ClH/c26-28(27,23-12-11-19-7-1-3-9-21(19)17-23)24-14-5-6-15-25-16-13-20-8-2-4-10-22(20)18-25;/h1-4,7-12,17,24H,5-6,13-16,18H2;1H. The highest BCUT2D eigenvalue weighted by Crippen LogP contribution is 2.20. The summed E-state index contributed by atoms with van der Waals surface area (Å²) < 4.78 is 27.9. The van der Waals surface area contributed by atoms with Crippen LogP contribution < -0.4 is 4.72 Å². The van der Waals surface area contributed by atoms with Crippen molar-refractivity contribution in [1.82, 2.24) is 9.62 Å². The molecule has 0 aromatic heterocycles. The predicted molar refractivity (Wildman–Crippen MR) is 121 cm³/mol. The Bertz CT molecular complexity index is 1070. The number of halogens is 1. The van der Waals surface area contributed by atoms with E-state index in [1.807, 2.05) is 30.3 Å². The Balaban J connectivity index is 0.00000240. The molecule has 0 saturated carbocycles. The zero-order chi connectivity index (χ0) is 19.4. The van der Waals surface area contributed by atoms with Gasteiger partial charge in [-0.2, -0.15) is 0 Å². The Morgan fingerprint density at radius 2 is 1.59 bits per heavy atom. The number of fused-ring (bicyclic) bond motifs is 2. The van der Waals surface area contributed by atoms with Crippen molar-refractivity contribution < 1.29 is 8.42 Å². The molecule has 1 aliphatic heterocycles. The van der Waals surface area contributed by atoms with Gasteiger partial charge in [-0.15, -0.1) is 12.4 Å². The van der Waals surface area contributed by atoms with Gasteiger partial charge in [0.2, 0.25) is 10.0 Å². The van der Waals surface area contributed by atoms with Gasteiger partial charge in [0.25, 0.3) is 0 Å². The molecule has 1 heterocycles. The molecule has 0 fully saturated rings. The molecule has 0 unspecified atom stereocenters. The first-order valence-electron chi connectivity index (χ1n) is 9.89. The van der Waals surface area contributed by atoms with Gasteiger partial charge in [0, 0.05) is 19.6 Å². The first kappa shape index (κ1) is 21.8. The largest absolute Gasteiger partial charge is 0.299 e. The van der Waals surface area contributed by atoms with E-state index < -0.39 is 10.0 Å². The molecule has 6 heteroatoms. The summed E-state index contributed by atoms with van der Waals surface area (Å²) in [6.07, 6.45) is 2.93. The molecule has 154 valence electrons. The topological polar surface area (TPSA) is 49.4 Å². The van der Waals surface area contributed by atoms with Crippen LogP contribution in [-0.2, 0) is 23.0 Å². The summed E-state index contributed by atoms with van der Waals surface area (Å²) >= 11 is 0. The Hall–Kier alpha value is -1.92. The molecule has 0 bridgehead atoms. The smallest absolute Gasteiger partial charge is 0.240 e.